The van der Waals surface area contributed by atoms with Crippen LogP contribution < -0.4 is 14.8 Å². The lowest BCUT2D eigenvalue weighted by atomic mass is 10.1. The molecule has 0 radical (unpaired) electrons. The highest BCUT2D eigenvalue weighted by molar-refractivity contribution is 7.89. The van der Waals surface area contributed by atoms with Crippen LogP contribution in [0, 0.1) is 13.8 Å². The Labute approximate surface area is 161 Å². The molecule has 0 aliphatic heterocycles. The third-order valence-electron chi connectivity index (χ3n) is 3.79. The minimum atomic E-state index is -3.86. The smallest absolute Gasteiger partial charge is 0.255 e. The van der Waals surface area contributed by atoms with E-state index in [0.717, 1.165) is 11.1 Å². The zero-order chi connectivity index (χ0) is 20.4. The molecule has 0 atom stereocenters. The van der Waals surface area contributed by atoms with Crippen molar-refractivity contribution >= 4 is 21.6 Å². The van der Waals surface area contributed by atoms with E-state index in [4.69, 9.17) is 4.74 Å². The number of sulfonamides is 1. The van der Waals surface area contributed by atoms with Gasteiger partial charge in [-0.1, -0.05) is 17.7 Å². The molecule has 0 saturated heterocycles. The van der Waals surface area contributed by atoms with Crippen molar-refractivity contribution in [3.63, 3.8) is 0 Å². The van der Waals surface area contributed by atoms with Gasteiger partial charge in [0.15, 0.2) is 0 Å². The Hall–Kier alpha value is -2.38. The highest BCUT2D eigenvalue weighted by Crippen LogP contribution is 2.27. The van der Waals surface area contributed by atoms with Crippen molar-refractivity contribution in [2.45, 2.75) is 45.1 Å². The molecule has 0 saturated carbocycles. The zero-order valence-electron chi connectivity index (χ0n) is 16.5. The Kier molecular flexibility index (Phi) is 5.97. The molecule has 0 aromatic heterocycles. The van der Waals surface area contributed by atoms with Crippen molar-refractivity contribution in [2.75, 3.05) is 12.4 Å². The van der Waals surface area contributed by atoms with Gasteiger partial charge in [-0.25, -0.2) is 13.1 Å². The summed E-state index contributed by atoms with van der Waals surface area (Å²) in [4.78, 5) is 12.6. The SMILES string of the molecule is COc1ccc(C(=O)Nc2ccc(C)cc2C)cc1S(=O)(=O)NC(C)(C)C. The van der Waals surface area contributed by atoms with Crippen LogP contribution in [0.3, 0.4) is 0 Å². The lowest BCUT2D eigenvalue weighted by Gasteiger charge is -2.21. The van der Waals surface area contributed by atoms with E-state index in [1.807, 2.05) is 32.0 Å². The average Bonchev–Trinajstić information content (AvgIpc) is 2.54. The van der Waals surface area contributed by atoms with Crippen LogP contribution in [0.2, 0.25) is 0 Å². The summed E-state index contributed by atoms with van der Waals surface area (Å²) >= 11 is 0. The Balaban J connectivity index is 2.40. The highest BCUT2D eigenvalue weighted by Gasteiger charge is 2.26. The van der Waals surface area contributed by atoms with Gasteiger partial charge in [0.05, 0.1) is 7.11 Å². The van der Waals surface area contributed by atoms with Gasteiger partial charge >= 0.3 is 0 Å². The number of nitrogens with one attached hydrogen (secondary N) is 2. The lowest BCUT2D eigenvalue weighted by Crippen LogP contribution is -2.40. The van der Waals surface area contributed by atoms with Crippen LogP contribution in [0.5, 0.6) is 5.75 Å². The van der Waals surface area contributed by atoms with E-state index in [1.165, 1.54) is 25.3 Å². The van der Waals surface area contributed by atoms with Crippen LogP contribution in [0.15, 0.2) is 41.3 Å². The summed E-state index contributed by atoms with van der Waals surface area (Å²) in [5.41, 5.74) is 2.26. The largest absolute Gasteiger partial charge is 0.495 e. The highest BCUT2D eigenvalue weighted by atomic mass is 32.2. The summed E-state index contributed by atoms with van der Waals surface area (Å²) in [5.74, 6) is -0.216. The van der Waals surface area contributed by atoms with Gasteiger partial charge in [-0.2, -0.15) is 0 Å². The number of rotatable bonds is 5. The maximum absolute atomic E-state index is 12.7. The number of amides is 1. The standard InChI is InChI=1S/C20H26N2O4S/c1-13-7-9-16(14(2)11-13)21-19(23)15-8-10-17(26-6)18(12-15)27(24,25)22-20(3,4)5/h7-12,22H,1-6H3,(H,21,23). The average molecular weight is 391 g/mol. The molecule has 1 amide bonds. The van der Waals surface area contributed by atoms with E-state index < -0.39 is 21.5 Å². The zero-order valence-corrected chi connectivity index (χ0v) is 17.3. The molecule has 27 heavy (non-hydrogen) atoms. The third-order valence-corrected chi connectivity index (χ3v) is 5.57. The Morgan fingerprint density at radius 2 is 1.70 bits per heavy atom. The van der Waals surface area contributed by atoms with Crippen LogP contribution >= 0.6 is 0 Å². The lowest BCUT2D eigenvalue weighted by molar-refractivity contribution is 0.102. The van der Waals surface area contributed by atoms with Crippen molar-refractivity contribution in [3.05, 3.63) is 53.1 Å². The van der Waals surface area contributed by atoms with Crippen molar-refractivity contribution in [1.82, 2.24) is 4.72 Å². The fourth-order valence-corrected chi connectivity index (χ4v) is 4.25. The molecule has 2 aromatic rings. The minimum Gasteiger partial charge on any atom is -0.495 e. The molecule has 0 aliphatic carbocycles. The van der Waals surface area contributed by atoms with Crippen LogP contribution in [0.25, 0.3) is 0 Å². The summed E-state index contributed by atoms with van der Waals surface area (Å²) in [5, 5.41) is 2.82. The van der Waals surface area contributed by atoms with Crippen LogP contribution in [-0.4, -0.2) is 27.0 Å². The van der Waals surface area contributed by atoms with E-state index >= 15 is 0 Å². The molecule has 0 spiro atoms. The number of aryl methyl sites for hydroxylation is 2. The molecule has 0 aliphatic rings. The summed E-state index contributed by atoms with van der Waals surface area (Å²) in [7, 11) is -2.47. The monoisotopic (exact) mass is 390 g/mol. The number of methoxy groups -OCH3 is 1. The van der Waals surface area contributed by atoms with E-state index in [2.05, 4.69) is 10.0 Å². The van der Waals surface area contributed by atoms with Crippen molar-refractivity contribution in [1.29, 1.82) is 0 Å². The van der Waals surface area contributed by atoms with Gasteiger partial charge in [-0.05, 0) is 64.4 Å². The number of benzene rings is 2. The molecular weight excluding hydrogens is 364 g/mol. The summed E-state index contributed by atoms with van der Waals surface area (Å²) < 4.78 is 33.2. The predicted octanol–water partition coefficient (Wildman–Crippen LogP) is 3.64. The molecule has 0 fully saturated rings. The minimum absolute atomic E-state index is 0.0757. The number of hydrogen-bond acceptors (Lipinski definition) is 4. The number of anilines is 1. The second-order valence-corrected chi connectivity index (χ2v) is 9.14. The summed E-state index contributed by atoms with van der Waals surface area (Å²) in [6.45, 7) is 9.11. The number of hydrogen-bond donors (Lipinski definition) is 2. The van der Waals surface area contributed by atoms with E-state index in [-0.39, 0.29) is 16.2 Å². The van der Waals surface area contributed by atoms with E-state index in [0.29, 0.717) is 5.69 Å². The maximum atomic E-state index is 12.7. The quantitative estimate of drug-likeness (QED) is 0.816. The van der Waals surface area contributed by atoms with Gasteiger partial charge in [0.1, 0.15) is 10.6 Å². The fourth-order valence-electron chi connectivity index (χ4n) is 2.63. The molecule has 2 N–H and O–H groups in total. The third kappa shape index (κ3) is 5.30. The molecule has 6 nitrogen and oxygen atoms in total. The summed E-state index contributed by atoms with van der Waals surface area (Å²) in [6.07, 6.45) is 0. The first-order valence-corrected chi connectivity index (χ1v) is 10.0. The molecular formula is C20H26N2O4S. The summed E-state index contributed by atoms with van der Waals surface area (Å²) in [6, 6.07) is 10.0. The topological polar surface area (TPSA) is 84.5 Å². The van der Waals surface area contributed by atoms with Gasteiger partial charge in [0.25, 0.3) is 5.91 Å². The number of carbonyl (C=O) groups excluding carboxylic acids is 1. The first kappa shape index (κ1) is 20.9. The Morgan fingerprint density at radius 1 is 1.04 bits per heavy atom. The van der Waals surface area contributed by atoms with E-state index in [1.54, 1.807) is 20.8 Å². The predicted molar refractivity (Wildman–Crippen MR) is 107 cm³/mol. The maximum Gasteiger partial charge on any atom is 0.255 e. The van der Waals surface area contributed by atoms with Gasteiger partial charge in [0, 0.05) is 16.8 Å². The van der Waals surface area contributed by atoms with Gasteiger partial charge in [0.2, 0.25) is 10.0 Å². The molecule has 2 rings (SSSR count). The van der Waals surface area contributed by atoms with Crippen LogP contribution in [-0.2, 0) is 10.0 Å². The Morgan fingerprint density at radius 3 is 2.26 bits per heavy atom. The number of ether oxygens (including phenoxy) is 1. The van der Waals surface area contributed by atoms with Crippen LogP contribution in [0.4, 0.5) is 5.69 Å². The van der Waals surface area contributed by atoms with Crippen molar-refractivity contribution < 1.29 is 17.9 Å². The number of carbonyl (C=O) groups is 1. The molecule has 0 bridgehead atoms. The normalized spacial score (nSPS) is 11.9. The second-order valence-electron chi connectivity index (χ2n) is 7.49. The molecule has 2 aromatic carbocycles. The van der Waals surface area contributed by atoms with Crippen molar-refractivity contribution in [2.24, 2.45) is 0 Å². The van der Waals surface area contributed by atoms with Gasteiger partial charge in [-0.3, -0.25) is 4.79 Å². The second kappa shape index (κ2) is 7.70. The Bertz CT molecular complexity index is 960. The van der Waals surface area contributed by atoms with Gasteiger partial charge in [-0.15, -0.1) is 0 Å². The molecule has 146 valence electrons. The first-order chi connectivity index (χ1) is 12.4. The molecule has 0 heterocycles. The fraction of sp³-hybridized carbons (Fsp3) is 0.350. The molecule has 0 unspecified atom stereocenters. The van der Waals surface area contributed by atoms with Crippen LogP contribution in [0.1, 0.15) is 42.3 Å². The van der Waals surface area contributed by atoms with Gasteiger partial charge < -0.3 is 10.1 Å². The van der Waals surface area contributed by atoms with Crippen molar-refractivity contribution in [3.8, 4) is 5.75 Å². The van der Waals surface area contributed by atoms with E-state index in [9.17, 15) is 13.2 Å². The first-order valence-electron chi connectivity index (χ1n) is 8.53. The molecule has 7 heteroatoms.